The van der Waals surface area contributed by atoms with Crippen molar-refractivity contribution in [3.8, 4) is 11.1 Å². The minimum Gasteiger partial charge on any atom is -0.480 e. The van der Waals surface area contributed by atoms with Crippen molar-refractivity contribution < 1.29 is 9.90 Å². The molecule has 0 saturated heterocycles. The number of rotatable bonds is 4. The van der Waals surface area contributed by atoms with Gasteiger partial charge in [-0.2, -0.15) is 0 Å². The minimum absolute atomic E-state index is 0.552. The smallest absolute Gasteiger partial charge is 0.316 e. The van der Waals surface area contributed by atoms with Crippen LogP contribution in [0.1, 0.15) is 12.5 Å². The van der Waals surface area contributed by atoms with Gasteiger partial charge in [-0.3, -0.25) is 4.79 Å². The van der Waals surface area contributed by atoms with Crippen LogP contribution in [0, 0.1) is 6.92 Å². The van der Waals surface area contributed by atoms with Crippen molar-refractivity contribution in [2.24, 2.45) is 0 Å². The molecule has 22 heavy (non-hydrogen) atoms. The van der Waals surface area contributed by atoms with Gasteiger partial charge in [0.2, 0.25) is 0 Å². The Bertz CT molecular complexity index is 828. The van der Waals surface area contributed by atoms with Crippen molar-refractivity contribution in [1.29, 1.82) is 0 Å². The fraction of sp³-hybridized carbons (Fsp3) is 0.188. The summed E-state index contributed by atoms with van der Waals surface area (Å²) in [4.78, 5) is 20.6. The maximum atomic E-state index is 11.1. The van der Waals surface area contributed by atoms with Crippen LogP contribution in [-0.2, 0) is 4.79 Å². The summed E-state index contributed by atoms with van der Waals surface area (Å²) in [6.45, 7) is 3.72. The van der Waals surface area contributed by atoms with Crippen LogP contribution in [0.3, 0.4) is 0 Å². The van der Waals surface area contributed by atoms with Gasteiger partial charge in [-0.05, 0) is 19.4 Å². The number of hydrogen-bond acceptors (Lipinski definition) is 5. The van der Waals surface area contributed by atoms with Crippen molar-refractivity contribution >= 4 is 39.3 Å². The molecule has 1 N–H and O–H groups in total. The molecular weight excluding hydrogens is 316 g/mol. The molecule has 0 unspecified atom stereocenters. The summed E-state index contributed by atoms with van der Waals surface area (Å²) in [5.41, 5.74) is 3.35. The molecule has 4 nitrogen and oxygen atoms in total. The van der Waals surface area contributed by atoms with Gasteiger partial charge in [0.25, 0.3) is 0 Å². The number of nitrogens with zero attached hydrogens (tertiary/aromatic N) is 2. The van der Waals surface area contributed by atoms with Gasteiger partial charge in [0.15, 0.2) is 0 Å². The van der Waals surface area contributed by atoms with Crippen molar-refractivity contribution in [2.75, 3.05) is 0 Å². The second kappa shape index (κ2) is 6.06. The maximum absolute atomic E-state index is 11.1. The summed E-state index contributed by atoms with van der Waals surface area (Å²) in [5, 5.41) is 12.3. The normalized spacial score (nSPS) is 12.5. The minimum atomic E-state index is -0.844. The molecule has 0 bridgehead atoms. The Kier molecular flexibility index (Phi) is 4.13. The van der Waals surface area contributed by atoms with Gasteiger partial charge >= 0.3 is 5.97 Å². The number of benzene rings is 1. The molecule has 0 saturated carbocycles. The molecule has 2 heterocycles. The topological polar surface area (TPSA) is 63.1 Å². The zero-order valence-electron chi connectivity index (χ0n) is 12.1. The lowest BCUT2D eigenvalue weighted by Gasteiger charge is -2.08. The number of aryl methyl sites for hydroxylation is 1. The van der Waals surface area contributed by atoms with E-state index in [0.29, 0.717) is 0 Å². The lowest BCUT2D eigenvalue weighted by Crippen LogP contribution is -2.11. The second-order valence-corrected chi connectivity index (χ2v) is 7.16. The Labute approximate surface area is 136 Å². The van der Waals surface area contributed by atoms with Crippen LogP contribution < -0.4 is 0 Å². The third kappa shape index (κ3) is 2.84. The molecule has 6 heteroatoms. The number of aromatic nitrogens is 2. The summed E-state index contributed by atoms with van der Waals surface area (Å²) < 4.78 is 0. The van der Waals surface area contributed by atoms with Crippen LogP contribution in [-0.4, -0.2) is 26.3 Å². The van der Waals surface area contributed by atoms with Gasteiger partial charge in [-0.15, -0.1) is 11.3 Å². The standard InChI is InChI=1S/C16H14N2O2S2/c1-9-3-5-11(6-4-9)12-7-21-14-13(12)15(18-8-17-14)22-10(2)16(19)20/h3-8,10H,1-2H3,(H,19,20)/t10-/m1/s1. The van der Waals surface area contributed by atoms with Crippen molar-refractivity contribution in [2.45, 2.75) is 24.1 Å². The molecule has 0 aliphatic rings. The summed E-state index contributed by atoms with van der Waals surface area (Å²) >= 11 is 2.80. The molecule has 0 radical (unpaired) electrons. The van der Waals surface area contributed by atoms with Crippen LogP contribution in [0.5, 0.6) is 0 Å². The molecule has 0 aliphatic heterocycles. The highest BCUT2D eigenvalue weighted by Crippen LogP contribution is 2.38. The molecule has 1 aromatic carbocycles. The summed E-state index contributed by atoms with van der Waals surface area (Å²) in [7, 11) is 0. The largest absolute Gasteiger partial charge is 0.480 e. The van der Waals surface area contributed by atoms with Gasteiger partial charge in [0.05, 0.1) is 5.39 Å². The Morgan fingerprint density at radius 2 is 2.00 bits per heavy atom. The number of carboxylic acids is 1. The van der Waals surface area contributed by atoms with Gasteiger partial charge in [-0.1, -0.05) is 41.6 Å². The summed E-state index contributed by atoms with van der Waals surface area (Å²) in [6, 6.07) is 8.27. The highest BCUT2D eigenvalue weighted by molar-refractivity contribution is 8.00. The number of carboxylic acid groups (broad SMARTS) is 1. The van der Waals surface area contributed by atoms with Crippen LogP contribution in [0.15, 0.2) is 41.0 Å². The summed E-state index contributed by atoms with van der Waals surface area (Å²) in [6.07, 6.45) is 1.49. The number of fused-ring (bicyclic) bond motifs is 1. The maximum Gasteiger partial charge on any atom is 0.316 e. The van der Waals surface area contributed by atoms with E-state index in [-0.39, 0.29) is 0 Å². The van der Waals surface area contributed by atoms with E-state index in [0.717, 1.165) is 26.4 Å². The van der Waals surface area contributed by atoms with Crippen molar-refractivity contribution in [1.82, 2.24) is 9.97 Å². The first-order valence-corrected chi connectivity index (χ1v) is 8.51. The van der Waals surface area contributed by atoms with Gasteiger partial charge in [0, 0.05) is 10.9 Å². The van der Waals surface area contributed by atoms with Crippen LogP contribution in [0.25, 0.3) is 21.3 Å². The lowest BCUT2D eigenvalue weighted by atomic mass is 10.1. The third-order valence-corrected chi connectivity index (χ3v) is 5.31. The molecule has 0 aliphatic carbocycles. The van der Waals surface area contributed by atoms with E-state index < -0.39 is 11.2 Å². The molecule has 112 valence electrons. The average molecular weight is 330 g/mol. The Hall–Kier alpha value is -1.92. The molecule has 0 spiro atoms. The Morgan fingerprint density at radius 3 is 2.68 bits per heavy atom. The molecule has 2 aromatic heterocycles. The molecule has 3 rings (SSSR count). The first-order chi connectivity index (χ1) is 10.6. The molecule has 0 amide bonds. The van der Waals surface area contributed by atoms with Gasteiger partial charge in [0.1, 0.15) is 21.4 Å². The monoisotopic (exact) mass is 330 g/mol. The first-order valence-electron chi connectivity index (χ1n) is 6.75. The quantitative estimate of drug-likeness (QED) is 0.573. The number of thioether (sulfide) groups is 1. The van der Waals surface area contributed by atoms with Crippen molar-refractivity contribution in [3.63, 3.8) is 0 Å². The fourth-order valence-electron chi connectivity index (χ4n) is 2.10. The van der Waals surface area contributed by atoms with Crippen LogP contribution >= 0.6 is 23.1 Å². The second-order valence-electron chi connectivity index (χ2n) is 4.97. The highest BCUT2D eigenvalue weighted by Gasteiger charge is 2.18. The average Bonchev–Trinajstić information content (AvgIpc) is 2.93. The zero-order chi connectivity index (χ0) is 15.7. The van der Waals surface area contributed by atoms with E-state index in [1.807, 2.05) is 0 Å². The van der Waals surface area contributed by atoms with Crippen LogP contribution in [0.2, 0.25) is 0 Å². The lowest BCUT2D eigenvalue weighted by molar-refractivity contribution is -0.136. The van der Waals surface area contributed by atoms with E-state index in [4.69, 9.17) is 5.11 Å². The zero-order valence-corrected chi connectivity index (χ0v) is 13.7. The summed E-state index contributed by atoms with van der Waals surface area (Å²) in [5.74, 6) is -0.844. The van der Waals surface area contributed by atoms with E-state index in [2.05, 4.69) is 46.5 Å². The number of aliphatic carboxylic acids is 1. The fourth-order valence-corrected chi connectivity index (χ4v) is 3.95. The van der Waals surface area contributed by atoms with Crippen LogP contribution in [0.4, 0.5) is 0 Å². The van der Waals surface area contributed by atoms with E-state index in [9.17, 15) is 4.79 Å². The molecule has 1 atom stereocenters. The Morgan fingerprint density at radius 1 is 1.27 bits per heavy atom. The predicted molar refractivity (Wildman–Crippen MR) is 90.5 cm³/mol. The van der Waals surface area contributed by atoms with E-state index >= 15 is 0 Å². The van der Waals surface area contributed by atoms with E-state index in [1.165, 1.54) is 23.7 Å². The first kappa shape index (κ1) is 15.0. The molecular formula is C16H14N2O2S2. The third-order valence-electron chi connectivity index (χ3n) is 3.33. The molecule has 3 aromatic rings. The van der Waals surface area contributed by atoms with Crippen molar-refractivity contribution in [3.05, 3.63) is 41.5 Å². The highest BCUT2D eigenvalue weighted by atomic mass is 32.2. The van der Waals surface area contributed by atoms with E-state index in [1.54, 1.807) is 18.3 Å². The number of carbonyl (C=O) groups is 1. The Balaban J connectivity index is 2.12. The molecule has 0 fully saturated rings. The number of thiophene rings is 1. The van der Waals surface area contributed by atoms with Gasteiger partial charge < -0.3 is 5.11 Å². The number of hydrogen-bond donors (Lipinski definition) is 1. The predicted octanol–water partition coefficient (Wildman–Crippen LogP) is 4.23. The SMILES string of the molecule is Cc1ccc(-c2csc3ncnc(S[C@H](C)C(=O)O)c23)cc1. The van der Waals surface area contributed by atoms with Gasteiger partial charge in [-0.25, -0.2) is 9.97 Å².